The summed E-state index contributed by atoms with van der Waals surface area (Å²) < 4.78 is 5.73. The van der Waals surface area contributed by atoms with Gasteiger partial charge in [-0.1, -0.05) is 50.2 Å². The van der Waals surface area contributed by atoms with E-state index in [9.17, 15) is 0 Å². The highest BCUT2D eigenvalue weighted by Gasteiger charge is 2.06. The quantitative estimate of drug-likeness (QED) is 0.415. The molecule has 0 saturated carbocycles. The van der Waals surface area contributed by atoms with E-state index < -0.39 is 0 Å². The zero-order valence-electron chi connectivity index (χ0n) is 14.1. The number of unbranched alkanes of at least 4 members (excludes halogenated alkanes) is 2. The Kier molecular flexibility index (Phi) is 7.81. The molecule has 4 heteroatoms. The second kappa shape index (κ2) is 10.2. The summed E-state index contributed by atoms with van der Waals surface area (Å²) in [5, 5.41) is 10.7. The number of benzene rings is 1. The average Bonchev–Trinajstić information content (AvgIpc) is 3.04. The first-order valence-electron chi connectivity index (χ1n) is 8.54. The van der Waals surface area contributed by atoms with Crippen molar-refractivity contribution in [3.63, 3.8) is 0 Å². The van der Waals surface area contributed by atoms with Crippen LogP contribution >= 0.6 is 11.3 Å². The van der Waals surface area contributed by atoms with Gasteiger partial charge in [0.05, 0.1) is 6.61 Å². The van der Waals surface area contributed by atoms with Crippen LogP contribution in [-0.4, -0.2) is 16.8 Å². The summed E-state index contributed by atoms with van der Waals surface area (Å²) in [6, 6.07) is 8.15. The van der Waals surface area contributed by atoms with Crippen molar-refractivity contribution in [2.45, 2.75) is 52.4 Å². The van der Waals surface area contributed by atoms with E-state index in [0.717, 1.165) is 47.2 Å². The Bertz CT molecular complexity index is 590. The van der Waals surface area contributed by atoms with E-state index >= 15 is 0 Å². The Morgan fingerprint density at radius 3 is 2.61 bits per heavy atom. The molecule has 2 aromatic rings. The van der Waals surface area contributed by atoms with Crippen molar-refractivity contribution in [3.05, 3.63) is 41.4 Å². The van der Waals surface area contributed by atoms with Gasteiger partial charge in [0.2, 0.25) is 0 Å². The molecular formula is C19H26N2OS. The average molecular weight is 330 g/mol. The van der Waals surface area contributed by atoms with Gasteiger partial charge in [-0.05, 0) is 43.5 Å². The molecule has 3 nitrogen and oxygen atoms in total. The van der Waals surface area contributed by atoms with E-state index in [4.69, 9.17) is 4.74 Å². The maximum atomic E-state index is 5.73. The third kappa shape index (κ3) is 6.14. The minimum atomic E-state index is 0.718. The molecule has 0 aliphatic carbocycles. The Morgan fingerprint density at radius 2 is 1.87 bits per heavy atom. The molecule has 0 N–H and O–H groups in total. The number of rotatable bonds is 10. The second-order valence-corrected chi connectivity index (χ2v) is 6.56. The van der Waals surface area contributed by atoms with Gasteiger partial charge in [0.1, 0.15) is 15.8 Å². The van der Waals surface area contributed by atoms with Crippen LogP contribution in [0.5, 0.6) is 5.75 Å². The molecule has 0 fully saturated rings. The summed E-state index contributed by atoms with van der Waals surface area (Å²) in [5.74, 6) is 0.909. The molecule has 1 aromatic carbocycles. The number of hydrogen-bond donors (Lipinski definition) is 0. The lowest BCUT2D eigenvalue weighted by molar-refractivity contribution is 0.325. The minimum absolute atomic E-state index is 0.718. The van der Waals surface area contributed by atoms with Gasteiger partial charge in [-0.3, -0.25) is 0 Å². The number of aromatic nitrogens is 2. The highest BCUT2D eigenvalue weighted by Crippen LogP contribution is 2.26. The fraction of sp³-hybridized carbons (Fsp3) is 0.474. The first-order valence-corrected chi connectivity index (χ1v) is 9.35. The van der Waals surface area contributed by atoms with Crippen molar-refractivity contribution in [1.82, 2.24) is 10.2 Å². The molecule has 2 rings (SSSR count). The molecule has 0 aliphatic rings. The third-order valence-electron chi connectivity index (χ3n) is 3.52. The van der Waals surface area contributed by atoms with Crippen LogP contribution in [0.3, 0.4) is 0 Å². The molecule has 1 aromatic heterocycles. The molecule has 0 radical (unpaired) electrons. The summed E-state index contributed by atoms with van der Waals surface area (Å²) >= 11 is 1.70. The van der Waals surface area contributed by atoms with Crippen molar-refractivity contribution < 1.29 is 4.74 Å². The molecule has 0 aliphatic heterocycles. The van der Waals surface area contributed by atoms with Crippen LogP contribution in [0.2, 0.25) is 0 Å². The topological polar surface area (TPSA) is 35.0 Å². The predicted molar refractivity (Wildman–Crippen MR) is 98.1 cm³/mol. The third-order valence-corrected chi connectivity index (χ3v) is 4.55. The predicted octanol–water partition coefficient (Wildman–Crippen LogP) is 5.67. The maximum absolute atomic E-state index is 5.73. The van der Waals surface area contributed by atoms with Crippen molar-refractivity contribution in [2.75, 3.05) is 6.61 Å². The first-order chi connectivity index (χ1) is 11.3. The van der Waals surface area contributed by atoms with Gasteiger partial charge in [-0.2, -0.15) is 0 Å². The zero-order chi connectivity index (χ0) is 16.3. The lowest BCUT2D eigenvalue weighted by atomic mass is 10.2. The van der Waals surface area contributed by atoms with Crippen LogP contribution in [0.1, 0.15) is 51.0 Å². The van der Waals surface area contributed by atoms with Gasteiger partial charge in [-0.25, -0.2) is 0 Å². The zero-order valence-corrected chi connectivity index (χ0v) is 14.9. The van der Waals surface area contributed by atoms with E-state index in [1.807, 2.05) is 12.1 Å². The van der Waals surface area contributed by atoms with Crippen LogP contribution < -0.4 is 4.74 Å². The standard InChI is InChI=1S/C19H26N2OS/c1-3-5-7-9-15-22-17-13-11-16(12-14-17)19-21-20-18(23-19)10-8-6-4-2/h5,7,11-14H,3-4,6,8-10,15H2,1-2H3. The lowest BCUT2D eigenvalue weighted by Crippen LogP contribution is -1.95. The van der Waals surface area contributed by atoms with Gasteiger partial charge in [0.15, 0.2) is 0 Å². The van der Waals surface area contributed by atoms with Gasteiger partial charge >= 0.3 is 0 Å². The molecular weight excluding hydrogens is 304 g/mol. The first kappa shape index (κ1) is 17.7. The van der Waals surface area contributed by atoms with Gasteiger partial charge in [0.25, 0.3) is 0 Å². The molecule has 0 unspecified atom stereocenters. The van der Waals surface area contributed by atoms with Crippen molar-refractivity contribution in [1.29, 1.82) is 0 Å². The SMILES string of the molecule is CCC=CCCOc1ccc(-c2nnc(CCCCC)s2)cc1. The number of allylic oxidation sites excluding steroid dienone is 1. The second-order valence-electron chi connectivity index (χ2n) is 5.50. The Morgan fingerprint density at radius 1 is 1.04 bits per heavy atom. The molecule has 0 amide bonds. The fourth-order valence-corrected chi connectivity index (χ4v) is 3.11. The molecule has 0 spiro atoms. The van der Waals surface area contributed by atoms with Gasteiger partial charge in [0, 0.05) is 12.0 Å². The van der Waals surface area contributed by atoms with Gasteiger partial charge in [-0.15, -0.1) is 10.2 Å². The normalized spacial score (nSPS) is 11.2. The van der Waals surface area contributed by atoms with E-state index in [-0.39, 0.29) is 0 Å². The summed E-state index contributed by atoms with van der Waals surface area (Å²) in [6.07, 6.45) is 11.1. The lowest BCUT2D eigenvalue weighted by Gasteiger charge is -2.04. The Hall–Kier alpha value is -1.68. The maximum Gasteiger partial charge on any atom is 0.147 e. The molecule has 0 bridgehead atoms. The van der Waals surface area contributed by atoms with Crippen molar-refractivity contribution in [3.8, 4) is 16.3 Å². The van der Waals surface area contributed by atoms with E-state index in [2.05, 4.69) is 48.3 Å². The van der Waals surface area contributed by atoms with Crippen LogP contribution in [0, 0.1) is 0 Å². The number of nitrogens with zero attached hydrogens (tertiary/aromatic N) is 2. The largest absolute Gasteiger partial charge is 0.493 e. The molecule has 0 atom stereocenters. The number of ether oxygens (including phenoxy) is 1. The molecule has 0 saturated heterocycles. The summed E-state index contributed by atoms with van der Waals surface area (Å²) in [5.41, 5.74) is 1.11. The number of aryl methyl sites for hydroxylation is 1. The Balaban J connectivity index is 1.85. The summed E-state index contributed by atoms with van der Waals surface area (Å²) in [4.78, 5) is 0. The highest BCUT2D eigenvalue weighted by atomic mass is 32.1. The van der Waals surface area contributed by atoms with Crippen LogP contribution in [0.4, 0.5) is 0 Å². The fourth-order valence-electron chi connectivity index (χ4n) is 2.22. The summed E-state index contributed by atoms with van der Waals surface area (Å²) in [7, 11) is 0. The van der Waals surface area contributed by atoms with Crippen LogP contribution in [-0.2, 0) is 6.42 Å². The van der Waals surface area contributed by atoms with Crippen molar-refractivity contribution >= 4 is 11.3 Å². The molecule has 23 heavy (non-hydrogen) atoms. The molecule has 1 heterocycles. The number of hydrogen-bond acceptors (Lipinski definition) is 4. The van der Waals surface area contributed by atoms with E-state index in [0.29, 0.717) is 0 Å². The van der Waals surface area contributed by atoms with Crippen LogP contribution in [0.25, 0.3) is 10.6 Å². The smallest absolute Gasteiger partial charge is 0.147 e. The highest BCUT2D eigenvalue weighted by molar-refractivity contribution is 7.14. The van der Waals surface area contributed by atoms with Crippen LogP contribution in [0.15, 0.2) is 36.4 Å². The summed E-state index contributed by atoms with van der Waals surface area (Å²) in [6.45, 7) is 5.07. The van der Waals surface area contributed by atoms with Crippen molar-refractivity contribution in [2.24, 2.45) is 0 Å². The Labute approximate surface area is 143 Å². The van der Waals surface area contributed by atoms with E-state index in [1.165, 1.54) is 19.3 Å². The minimum Gasteiger partial charge on any atom is -0.493 e. The van der Waals surface area contributed by atoms with Gasteiger partial charge < -0.3 is 4.74 Å². The monoisotopic (exact) mass is 330 g/mol. The molecule has 124 valence electrons. The van der Waals surface area contributed by atoms with E-state index in [1.54, 1.807) is 11.3 Å².